The number of aliphatic hydroxyl groups is 1. The van der Waals surface area contributed by atoms with E-state index in [0.29, 0.717) is 6.61 Å². The van der Waals surface area contributed by atoms with Crippen molar-refractivity contribution >= 4 is 29.1 Å². The zero-order chi connectivity index (χ0) is 28.7. The maximum atomic E-state index is 13.7. The molecule has 4 atom stereocenters. The normalized spacial score (nSPS) is 19.0. The van der Waals surface area contributed by atoms with Crippen LogP contribution in [0.25, 0.3) is 10.4 Å². The van der Waals surface area contributed by atoms with Gasteiger partial charge in [-0.2, -0.15) is 0 Å². The summed E-state index contributed by atoms with van der Waals surface area (Å²) in [5.41, 5.74) is 4.13. The van der Waals surface area contributed by atoms with Gasteiger partial charge < -0.3 is 30.1 Å². The lowest BCUT2D eigenvalue weighted by molar-refractivity contribution is -0.144. The van der Waals surface area contributed by atoms with E-state index in [0.717, 1.165) is 21.7 Å². The number of ether oxygens (including phenoxy) is 2. The van der Waals surface area contributed by atoms with Crippen molar-refractivity contribution in [3.05, 3.63) is 41.0 Å². The van der Waals surface area contributed by atoms with Crippen LogP contribution in [0.3, 0.4) is 0 Å². The van der Waals surface area contributed by atoms with Crippen LogP contribution in [0.2, 0.25) is 0 Å². The van der Waals surface area contributed by atoms with Crippen molar-refractivity contribution < 1.29 is 29.0 Å². The molecular weight excluding hydrogens is 520 g/mol. The molecular formula is C28H40N4O6S. The van der Waals surface area contributed by atoms with Crippen LogP contribution >= 0.6 is 11.3 Å². The largest absolute Gasteiger partial charge is 0.391 e. The highest BCUT2D eigenvalue weighted by Gasteiger charge is 2.44. The van der Waals surface area contributed by atoms with Gasteiger partial charge >= 0.3 is 0 Å². The van der Waals surface area contributed by atoms with Gasteiger partial charge in [0.15, 0.2) is 0 Å². The number of carbonyl (C=O) groups excluding carboxylic acids is 3. The second-order valence-corrected chi connectivity index (χ2v) is 11.8. The van der Waals surface area contributed by atoms with Gasteiger partial charge in [0.05, 0.1) is 41.4 Å². The predicted octanol–water partition coefficient (Wildman–Crippen LogP) is 2.45. The van der Waals surface area contributed by atoms with Crippen molar-refractivity contribution in [1.29, 1.82) is 0 Å². The topological polar surface area (TPSA) is 130 Å². The number of aromatic nitrogens is 1. The fraction of sp³-hybridized carbons (Fsp3) is 0.571. The van der Waals surface area contributed by atoms with Gasteiger partial charge in [-0.25, -0.2) is 4.98 Å². The van der Waals surface area contributed by atoms with Gasteiger partial charge in [0, 0.05) is 20.1 Å². The lowest BCUT2D eigenvalue weighted by Gasteiger charge is -2.35. The number of benzene rings is 1. The van der Waals surface area contributed by atoms with Gasteiger partial charge in [-0.3, -0.25) is 14.4 Å². The fourth-order valence-electron chi connectivity index (χ4n) is 4.53. The van der Waals surface area contributed by atoms with E-state index < -0.39 is 35.4 Å². The van der Waals surface area contributed by atoms with Crippen LogP contribution in [0.1, 0.15) is 51.4 Å². The Morgan fingerprint density at radius 2 is 1.87 bits per heavy atom. The van der Waals surface area contributed by atoms with Crippen LogP contribution in [0.5, 0.6) is 0 Å². The summed E-state index contributed by atoms with van der Waals surface area (Å²) >= 11 is 1.58. The molecule has 214 valence electrons. The molecule has 11 heteroatoms. The predicted molar refractivity (Wildman–Crippen MR) is 149 cm³/mol. The van der Waals surface area contributed by atoms with Crippen LogP contribution in [0.4, 0.5) is 0 Å². The number of carbonyl (C=O) groups is 3. The zero-order valence-corrected chi connectivity index (χ0v) is 24.3. The molecule has 2 aromatic rings. The summed E-state index contributed by atoms with van der Waals surface area (Å²) in [7, 11) is 1.54. The molecule has 10 nitrogen and oxygen atoms in total. The molecule has 0 aliphatic carbocycles. The summed E-state index contributed by atoms with van der Waals surface area (Å²) in [5.74, 6) is -1.20. The molecule has 1 fully saturated rings. The molecule has 0 bridgehead atoms. The third-order valence-corrected chi connectivity index (χ3v) is 7.70. The van der Waals surface area contributed by atoms with E-state index in [-0.39, 0.29) is 38.1 Å². The highest BCUT2D eigenvalue weighted by Crippen LogP contribution is 2.29. The van der Waals surface area contributed by atoms with Crippen molar-refractivity contribution in [3.8, 4) is 10.4 Å². The third kappa shape index (κ3) is 8.07. The monoisotopic (exact) mass is 560 g/mol. The average molecular weight is 561 g/mol. The summed E-state index contributed by atoms with van der Waals surface area (Å²) in [6.45, 7) is 9.77. The molecule has 3 rings (SSSR count). The minimum Gasteiger partial charge on any atom is -0.391 e. The molecule has 3 N–H and O–H groups in total. The smallest absolute Gasteiger partial charge is 0.246 e. The molecule has 0 unspecified atom stereocenters. The van der Waals surface area contributed by atoms with Crippen LogP contribution < -0.4 is 10.6 Å². The summed E-state index contributed by atoms with van der Waals surface area (Å²) < 4.78 is 10.2. The molecule has 2 heterocycles. The quantitative estimate of drug-likeness (QED) is 0.360. The average Bonchev–Trinajstić information content (AvgIpc) is 3.49. The van der Waals surface area contributed by atoms with Gasteiger partial charge in [0.1, 0.15) is 18.7 Å². The molecule has 1 saturated heterocycles. The van der Waals surface area contributed by atoms with Gasteiger partial charge in [0.2, 0.25) is 17.7 Å². The van der Waals surface area contributed by atoms with Gasteiger partial charge in [-0.15, -0.1) is 11.3 Å². The molecule has 1 aliphatic rings. The number of nitrogens with zero attached hydrogens (tertiary/aromatic N) is 2. The number of rotatable bonds is 11. The maximum Gasteiger partial charge on any atom is 0.246 e. The minimum absolute atomic E-state index is 0.0149. The van der Waals surface area contributed by atoms with Crippen LogP contribution in [-0.2, 0) is 23.9 Å². The number of amides is 3. The van der Waals surface area contributed by atoms with Crippen molar-refractivity contribution in [2.24, 2.45) is 5.41 Å². The Morgan fingerprint density at radius 3 is 2.46 bits per heavy atom. The molecule has 1 aromatic heterocycles. The zero-order valence-electron chi connectivity index (χ0n) is 23.5. The minimum atomic E-state index is -0.906. The van der Waals surface area contributed by atoms with Crippen molar-refractivity contribution in [3.63, 3.8) is 0 Å². The first-order valence-corrected chi connectivity index (χ1v) is 14.0. The Kier molecular flexibility index (Phi) is 10.6. The lowest BCUT2D eigenvalue weighted by Crippen LogP contribution is -2.58. The highest BCUT2D eigenvalue weighted by molar-refractivity contribution is 7.13. The second kappa shape index (κ2) is 13.5. The third-order valence-electron chi connectivity index (χ3n) is 6.73. The maximum absolute atomic E-state index is 13.7. The van der Waals surface area contributed by atoms with E-state index in [9.17, 15) is 19.5 Å². The van der Waals surface area contributed by atoms with Crippen LogP contribution in [-0.4, -0.2) is 84.4 Å². The first kappa shape index (κ1) is 30.7. The summed E-state index contributed by atoms with van der Waals surface area (Å²) in [5, 5.41) is 16.2. The summed E-state index contributed by atoms with van der Waals surface area (Å²) in [6.07, 6.45) is -0.714. The molecule has 0 radical (unpaired) electrons. The highest BCUT2D eigenvalue weighted by atomic mass is 32.1. The van der Waals surface area contributed by atoms with E-state index in [1.807, 2.05) is 64.4 Å². The van der Waals surface area contributed by atoms with E-state index >= 15 is 0 Å². The summed E-state index contributed by atoms with van der Waals surface area (Å²) in [4.78, 5) is 46.3. The Balaban J connectivity index is 1.68. The summed E-state index contributed by atoms with van der Waals surface area (Å²) in [6, 6.07) is 5.86. The first-order valence-electron chi connectivity index (χ1n) is 13.1. The Morgan fingerprint density at radius 1 is 1.18 bits per heavy atom. The van der Waals surface area contributed by atoms with Gasteiger partial charge in [0.25, 0.3) is 0 Å². The first-order chi connectivity index (χ1) is 18.4. The van der Waals surface area contributed by atoms with Crippen molar-refractivity contribution in [2.75, 3.05) is 33.5 Å². The SMILES string of the molecule is COCCOCC(=O)N[C@H](C(=O)N1C[C@H](O)C[C@H]1C(=O)N[C@@H](C)c1ccc(-c2scnc2C)cc1)C(C)(C)C. The van der Waals surface area contributed by atoms with Gasteiger partial charge in [-0.1, -0.05) is 45.0 Å². The second-order valence-electron chi connectivity index (χ2n) is 10.9. The number of thiazole rings is 1. The molecule has 1 aliphatic heterocycles. The number of hydrogen-bond donors (Lipinski definition) is 3. The molecule has 1 aromatic carbocycles. The van der Waals surface area contributed by atoms with Crippen LogP contribution in [0.15, 0.2) is 29.8 Å². The Bertz CT molecular complexity index is 1130. The Labute approximate surface area is 234 Å². The molecule has 39 heavy (non-hydrogen) atoms. The number of nitrogens with one attached hydrogen (secondary N) is 2. The number of aliphatic hydroxyl groups excluding tert-OH is 1. The fourth-order valence-corrected chi connectivity index (χ4v) is 5.34. The van der Waals surface area contributed by atoms with E-state index in [1.165, 1.54) is 12.0 Å². The molecule has 3 amide bonds. The number of hydrogen-bond acceptors (Lipinski definition) is 8. The van der Waals surface area contributed by atoms with E-state index in [2.05, 4.69) is 15.6 Å². The Hall–Kier alpha value is -2.86. The van der Waals surface area contributed by atoms with Gasteiger partial charge in [-0.05, 0) is 30.4 Å². The van der Waals surface area contributed by atoms with Crippen LogP contribution in [0, 0.1) is 12.3 Å². The number of methoxy groups -OCH3 is 1. The van der Waals surface area contributed by atoms with Crippen molar-refractivity contribution in [1.82, 2.24) is 20.5 Å². The van der Waals surface area contributed by atoms with E-state index in [4.69, 9.17) is 9.47 Å². The van der Waals surface area contributed by atoms with Crippen molar-refractivity contribution in [2.45, 2.75) is 65.3 Å². The standard InChI is InChI=1S/C28H40N4O6S/c1-17(19-7-9-20(10-8-19)24-18(2)29-16-39-24)30-26(35)22-13-21(33)14-32(22)27(36)25(28(3,4)5)31-23(34)15-38-12-11-37-6/h7-10,16-17,21-22,25,33H,11-15H2,1-6H3,(H,30,35)(H,31,34)/t17-,21+,22-,25+/m0/s1. The van der Waals surface area contributed by atoms with E-state index in [1.54, 1.807) is 11.3 Å². The number of likely N-dealkylation sites (tertiary alicyclic amines) is 1. The molecule has 0 spiro atoms. The number of β-amino-alcohol motifs (C(OH)–C–C–N with tert-alkyl or cyclic N) is 1. The number of aryl methyl sites for hydroxylation is 1. The lowest BCUT2D eigenvalue weighted by atomic mass is 9.85. The molecule has 0 saturated carbocycles.